The van der Waals surface area contributed by atoms with Gasteiger partial charge in [0.15, 0.2) is 5.78 Å². The first kappa shape index (κ1) is 25.2. The van der Waals surface area contributed by atoms with Gasteiger partial charge in [-0.3, -0.25) is 9.59 Å². The molecule has 1 N–H and O–H groups in total. The molecule has 0 aliphatic heterocycles. The van der Waals surface area contributed by atoms with E-state index in [2.05, 4.69) is 10.3 Å². The lowest BCUT2D eigenvalue weighted by molar-refractivity contribution is -0.117. The van der Waals surface area contributed by atoms with Crippen molar-refractivity contribution in [2.75, 3.05) is 5.32 Å². The number of amides is 1. The van der Waals surface area contributed by atoms with E-state index in [4.69, 9.17) is 58.0 Å². The third-order valence-corrected chi connectivity index (χ3v) is 7.26. The van der Waals surface area contributed by atoms with Crippen LogP contribution < -0.4 is 5.32 Å². The second-order valence-corrected chi connectivity index (χ2v) is 10.8. The molecule has 2 aromatic carbocycles. The van der Waals surface area contributed by atoms with Crippen LogP contribution in [0.4, 0.5) is 10.1 Å². The second kappa shape index (κ2) is 9.63. The first-order valence-electron chi connectivity index (χ1n) is 10.1. The van der Waals surface area contributed by atoms with Gasteiger partial charge in [-0.25, -0.2) is 4.98 Å². The number of anilines is 1. The van der Waals surface area contributed by atoms with Gasteiger partial charge in [-0.1, -0.05) is 34.8 Å². The molecule has 2 atom stereocenters. The summed E-state index contributed by atoms with van der Waals surface area (Å²) in [6.45, 7) is 1.57. The fourth-order valence-corrected chi connectivity index (χ4v) is 5.45. The molecule has 4 rings (SSSR count). The largest absolute Gasteiger partial charge is 0.326 e. The number of carbonyl (C=O) groups excluding carboxylic acids is 2. The van der Waals surface area contributed by atoms with Gasteiger partial charge in [-0.2, -0.15) is 4.39 Å². The first-order chi connectivity index (χ1) is 16.0. The van der Waals surface area contributed by atoms with Crippen molar-refractivity contribution in [3.05, 3.63) is 91.9 Å². The van der Waals surface area contributed by atoms with Gasteiger partial charge in [0.1, 0.15) is 4.33 Å². The molecule has 1 heterocycles. The van der Waals surface area contributed by atoms with Gasteiger partial charge in [0.05, 0.1) is 10.9 Å². The highest BCUT2D eigenvalue weighted by Gasteiger charge is 2.67. The molecule has 0 saturated heterocycles. The van der Waals surface area contributed by atoms with E-state index in [0.29, 0.717) is 32.4 Å². The Morgan fingerprint density at radius 1 is 1.06 bits per heavy atom. The number of nitrogens with zero attached hydrogens (tertiary/aromatic N) is 1. The quantitative estimate of drug-likeness (QED) is 0.194. The summed E-state index contributed by atoms with van der Waals surface area (Å²) in [5.74, 6) is -2.59. The molecule has 0 radical (unpaired) electrons. The zero-order chi connectivity index (χ0) is 24.8. The van der Waals surface area contributed by atoms with Crippen molar-refractivity contribution in [1.29, 1.82) is 0 Å². The molecular weight excluding hydrogens is 545 g/mol. The Labute approximate surface area is 220 Å². The maximum Gasteiger partial charge on any atom is 0.231 e. The summed E-state index contributed by atoms with van der Waals surface area (Å²) < 4.78 is 12.1. The number of aromatic nitrogens is 1. The van der Waals surface area contributed by atoms with Crippen LogP contribution in [0.2, 0.25) is 15.1 Å². The smallest absolute Gasteiger partial charge is 0.231 e. The number of alkyl halides is 2. The van der Waals surface area contributed by atoms with Crippen LogP contribution in [0.5, 0.6) is 0 Å². The predicted molar refractivity (Wildman–Crippen MR) is 134 cm³/mol. The second-order valence-electron chi connectivity index (χ2n) is 8.07. The fourth-order valence-electron chi connectivity index (χ4n) is 3.85. The summed E-state index contributed by atoms with van der Waals surface area (Å²) in [7, 11) is 0. The SMILES string of the molecule is Cc1cc(CC(=O)c2cc(NC(=O)C3C(c4cc(Cl)cc(Cl)c4)C3(Cl)Cl)ccc2Cl)cnc1F. The molecule has 1 amide bonds. The van der Waals surface area contributed by atoms with Crippen molar-refractivity contribution in [1.82, 2.24) is 4.98 Å². The van der Waals surface area contributed by atoms with E-state index in [1.807, 2.05) is 0 Å². The topological polar surface area (TPSA) is 59.1 Å². The Bertz CT molecular complexity index is 1290. The molecule has 3 aromatic rings. The molecule has 10 heteroatoms. The van der Waals surface area contributed by atoms with Gasteiger partial charge in [0.2, 0.25) is 11.9 Å². The maximum absolute atomic E-state index is 13.4. The minimum absolute atomic E-state index is 0.0298. The van der Waals surface area contributed by atoms with E-state index in [1.54, 1.807) is 37.3 Å². The van der Waals surface area contributed by atoms with E-state index < -0.39 is 28.0 Å². The van der Waals surface area contributed by atoms with Gasteiger partial charge in [-0.15, -0.1) is 23.2 Å². The molecule has 176 valence electrons. The molecule has 1 saturated carbocycles. The van der Waals surface area contributed by atoms with Crippen molar-refractivity contribution in [3.63, 3.8) is 0 Å². The highest BCUT2D eigenvalue weighted by Crippen LogP contribution is 2.65. The third-order valence-electron chi connectivity index (χ3n) is 5.55. The van der Waals surface area contributed by atoms with Crippen molar-refractivity contribution in [3.8, 4) is 0 Å². The van der Waals surface area contributed by atoms with E-state index in [9.17, 15) is 14.0 Å². The molecule has 1 fully saturated rings. The lowest BCUT2D eigenvalue weighted by Crippen LogP contribution is -2.17. The number of hydrogen-bond donors (Lipinski definition) is 1. The predicted octanol–water partition coefficient (Wildman–Crippen LogP) is 7.44. The Morgan fingerprint density at radius 2 is 1.74 bits per heavy atom. The molecular formula is C24H16Cl5FN2O2. The van der Waals surface area contributed by atoms with Crippen LogP contribution in [0.15, 0.2) is 48.7 Å². The van der Waals surface area contributed by atoms with Crippen LogP contribution in [0, 0.1) is 18.8 Å². The number of rotatable bonds is 6. The number of pyridine rings is 1. The molecule has 1 aliphatic rings. The standard InChI is InChI=1S/C24H16Cl5FN2O2/c1-11-4-12(10-31-22(11)30)5-19(33)17-9-16(2-3-18(17)27)32-23(34)21-20(24(21,28)29)13-6-14(25)8-15(26)7-13/h2-4,6-10,20-21H,5H2,1H3,(H,32,34). The van der Waals surface area contributed by atoms with Crippen molar-refractivity contribution in [2.24, 2.45) is 5.92 Å². The molecule has 34 heavy (non-hydrogen) atoms. The first-order valence-corrected chi connectivity index (χ1v) is 11.9. The van der Waals surface area contributed by atoms with Crippen LogP contribution in [0.3, 0.4) is 0 Å². The molecule has 4 nitrogen and oxygen atoms in total. The van der Waals surface area contributed by atoms with Crippen LogP contribution in [0.1, 0.15) is 33.0 Å². The number of aryl methyl sites for hydroxylation is 1. The highest BCUT2D eigenvalue weighted by molar-refractivity contribution is 6.53. The Hall–Kier alpha value is -1.89. The number of Topliss-reactive ketones (excluding diaryl/α,β-unsaturated/α-hetero) is 1. The zero-order valence-electron chi connectivity index (χ0n) is 17.5. The number of nitrogens with one attached hydrogen (secondary N) is 1. The van der Waals surface area contributed by atoms with E-state index >= 15 is 0 Å². The summed E-state index contributed by atoms with van der Waals surface area (Å²) in [5, 5.41) is 3.78. The average Bonchev–Trinajstić information content (AvgIpc) is 3.33. The fraction of sp³-hybridized carbons (Fsp3) is 0.208. The average molecular weight is 561 g/mol. The number of carbonyl (C=O) groups is 2. The molecule has 2 unspecified atom stereocenters. The molecule has 1 aromatic heterocycles. The zero-order valence-corrected chi connectivity index (χ0v) is 21.3. The summed E-state index contributed by atoms with van der Waals surface area (Å²) in [6.07, 6.45) is 1.27. The monoisotopic (exact) mass is 558 g/mol. The number of hydrogen-bond acceptors (Lipinski definition) is 3. The highest BCUT2D eigenvalue weighted by atomic mass is 35.5. The minimum Gasteiger partial charge on any atom is -0.326 e. The van der Waals surface area contributed by atoms with Gasteiger partial charge >= 0.3 is 0 Å². The summed E-state index contributed by atoms with van der Waals surface area (Å²) in [5.41, 5.74) is 2.09. The van der Waals surface area contributed by atoms with E-state index in [0.717, 1.165) is 0 Å². The van der Waals surface area contributed by atoms with Crippen LogP contribution in [-0.4, -0.2) is 21.0 Å². The maximum atomic E-state index is 13.4. The van der Waals surface area contributed by atoms with Crippen molar-refractivity contribution in [2.45, 2.75) is 23.6 Å². The lowest BCUT2D eigenvalue weighted by Gasteiger charge is -2.10. The van der Waals surface area contributed by atoms with E-state index in [-0.39, 0.29) is 22.8 Å². The molecule has 1 aliphatic carbocycles. The van der Waals surface area contributed by atoms with Crippen LogP contribution in [0.25, 0.3) is 0 Å². The number of halogens is 6. The van der Waals surface area contributed by atoms with Crippen LogP contribution >= 0.6 is 58.0 Å². The number of benzene rings is 2. The van der Waals surface area contributed by atoms with Gasteiger partial charge < -0.3 is 5.32 Å². The van der Waals surface area contributed by atoms with Gasteiger partial charge in [-0.05, 0) is 60.5 Å². The van der Waals surface area contributed by atoms with Gasteiger partial charge in [0, 0.05) is 45.4 Å². The molecule has 0 spiro atoms. The summed E-state index contributed by atoms with van der Waals surface area (Å²) in [6, 6.07) is 11.0. The Kier molecular flexibility index (Phi) is 7.14. The number of ketones is 1. The van der Waals surface area contributed by atoms with Crippen molar-refractivity contribution >= 4 is 75.4 Å². The lowest BCUT2D eigenvalue weighted by atomic mass is 10.0. The Morgan fingerprint density at radius 3 is 2.38 bits per heavy atom. The summed E-state index contributed by atoms with van der Waals surface area (Å²) >= 11 is 31.2. The van der Waals surface area contributed by atoms with Crippen molar-refractivity contribution < 1.29 is 14.0 Å². The van der Waals surface area contributed by atoms with Crippen LogP contribution in [-0.2, 0) is 11.2 Å². The van der Waals surface area contributed by atoms with E-state index in [1.165, 1.54) is 18.3 Å². The minimum atomic E-state index is -1.34. The molecule has 0 bridgehead atoms. The van der Waals surface area contributed by atoms with Gasteiger partial charge in [0.25, 0.3) is 0 Å². The normalized spacial score (nSPS) is 18.4. The Balaban J connectivity index is 1.51. The third kappa shape index (κ3) is 5.19. The summed E-state index contributed by atoms with van der Waals surface area (Å²) in [4.78, 5) is 29.4.